The van der Waals surface area contributed by atoms with Crippen molar-refractivity contribution in [2.75, 3.05) is 12.3 Å². The van der Waals surface area contributed by atoms with Crippen molar-refractivity contribution in [3.05, 3.63) is 30.3 Å². The minimum Gasteiger partial charge on any atom is -0.339 e. The van der Waals surface area contributed by atoms with Gasteiger partial charge in [0, 0.05) is 29.2 Å². The Labute approximate surface area is 112 Å². The molecule has 0 unspecified atom stereocenters. The molecule has 0 aromatic heterocycles. The smallest absolute Gasteiger partial charge is 0.226 e. The zero-order valence-corrected chi connectivity index (χ0v) is 11.1. The Morgan fingerprint density at radius 2 is 2.11 bits per heavy atom. The lowest BCUT2D eigenvalue weighted by atomic mass is 10.1. The van der Waals surface area contributed by atoms with Crippen molar-refractivity contribution < 1.29 is 4.79 Å². The van der Waals surface area contributed by atoms with Crippen molar-refractivity contribution in [3.8, 4) is 0 Å². The highest BCUT2D eigenvalue weighted by molar-refractivity contribution is 7.99. The van der Waals surface area contributed by atoms with E-state index in [-0.39, 0.29) is 0 Å². The molecule has 2 nitrogen and oxygen atoms in total. The standard InChI is InChI=1S/C15H17NOS/c17-15-14-11(9-18-10-5-2-1-3-6-10)13(14)12-7-4-8-16(12)15/h1-3,5-6,11-14H,4,7-9H2/t11-,12+,13-,14-/m1/s1. The predicted molar refractivity (Wildman–Crippen MR) is 72.4 cm³/mol. The summed E-state index contributed by atoms with van der Waals surface area (Å²) >= 11 is 1.91. The van der Waals surface area contributed by atoms with Gasteiger partial charge < -0.3 is 4.90 Å². The average Bonchev–Trinajstić information content (AvgIpc) is 2.77. The Bertz CT molecular complexity index is 475. The van der Waals surface area contributed by atoms with Crippen LogP contribution in [0.5, 0.6) is 0 Å². The van der Waals surface area contributed by atoms with Gasteiger partial charge in [0.1, 0.15) is 0 Å². The van der Waals surface area contributed by atoms with E-state index in [4.69, 9.17) is 0 Å². The number of carbonyl (C=O) groups excluding carboxylic acids is 1. The first kappa shape index (κ1) is 10.9. The van der Waals surface area contributed by atoms with Crippen LogP contribution in [0.4, 0.5) is 0 Å². The number of hydrogen-bond donors (Lipinski definition) is 0. The van der Waals surface area contributed by atoms with Gasteiger partial charge >= 0.3 is 0 Å². The molecule has 1 aliphatic carbocycles. The van der Waals surface area contributed by atoms with Crippen LogP contribution >= 0.6 is 11.8 Å². The molecule has 0 spiro atoms. The van der Waals surface area contributed by atoms with E-state index in [0.717, 1.165) is 12.3 Å². The molecule has 3 fully saturated rings. The molecule has 1 saturated carbocycles. The largest absolute Gasteiger partial charge is 0.339 e. The van der Waals surface area contributed by atoms with Gasteiger partial charge in [0.15, 0.2) is 0 Å². The molecular weight excluding hydrogens is 242 g/mol. The first-order valence-corrected chi connectivity index (χ1v) is 7.83. The molecule has 1 aromatic carbocycles. The molecule has 0 bridgehead atoms. The molecular formula is C15H17NOS. The fourth-order valence-electron chi connectivity index (χ4n) is 3.85. The van der Waals surface area contributed by atoms with E-state index in [1.165, 1.54) is 17.7 Å². The normalized spacial score (nSPS) is 36.7. The van der Waals surface area contributed by atoms with Crippen molar-refractivity contribution in [3.63, 3.8) is 0 Å². The maximum absolute atomic E-state index is 12.2. The second-order valence-corrected chi connectivity index (χ2v) is 6.73. The van der Waals surface area contributed by atoms with Crippen LogP contribution in [-0.2, 0) is 4.79 Å². The molecule has 0 radical (unpaired) electrons. The van der Waals surface area contributed by atoms with Crippen LogP contribution in [-0.4, -0.2) is 29.1 Å². The fourth-order valence-corrected chi connectivity index (χ4v) is 5.02. The SMILES string of the molecule is O=C1[C@@H]2[C@H](CSc3ccccc3)[C@@H]2[C@@H]2CCCN12. The Morgan fingerprint density at radius 3 is 2.94 bits per heavy atom. The van der Waals surface area contributed by atoms with E-state index in [1.54, 1.807) is 0 Å². The Balaban J connectivity index is 1.40. The summed E-state index contributed by atoms with van der Waals surface area (Å²) in [6.07, 6.45) is 2.47. The summed E-state index contributed by atoms with van der Waals surface area (Å²) in [5, 5.41) is 0. The molecule has 2 saturated heterocycles. The number of piperidine rings is 1. The average molecular weight is 259 g/mol. The molecule has 3 heteroatoms. The summed E-state index contributed by atoms with van der Waals surface area (Å²) in [7, 11) is 0. The van der Waals surface area contributed by atoms with Crippen LogP contribution in [0.2, 0.25) is 0 Å². The van der Waals surface area contributed by atoms with Gasteiger partial charge in [0.25, 0.3) is 0 Å². The van der Waals surface area contributed by atoms with Crippen LogP contribution in [0.3, 0.4) is 0 Å². The van der Waals surface area contributed by atoms with Gasteiger partial charge in [-0.05, 0) is 36.8 Å². The number of amides is 1. The highest BCUT2D eigenvalue weighted by Crippen LogP contribution is 2.59. The third-order valence-electron chi connectivity index (χ3n) is 4.73. The van der Waals surface area contributed by atoms with E-state index in [0.29, 0.717) is 29.7 Å². The van der Waals surface area contributed by atoms with Gasteiger partial charge in [-0.15, -0.1) is 11.8 Å². The predicted octanol–water partition coefficient (Wildman–Crippen LogP) is 2.65. The molecule has 1 amide bonds. The number of carbonyl (C=O) groups is 1. The summed E-state index contributed by atoms with van der Waals surface area (Å²) in [6.45, 7) is 1.02. The van der Waals surface area contributed by atoms with Crippen LogP contribution < -0.4 is 0 Å². The molecule has 2 heterocycles. The lowest BCUT2D eigenvalue weighted by Gasteiger charge is -2.20. The number of thioether (sulfide) groups is 1. The second kappa shape index (κ2) is 4.02. The molecule has 1 aromatic rings. The van der Waals surface area contributed by atoms with Crippen LogP contribution in [0.15, 0.2) is 35.2 Å². The van der Waals surface area contributed by atoms with Crippen molar-refractivity contribution in [1.29, 1.82) is 0 Å². The van der Waals surface area contributed by atoms with Crippen LogP contribution in [0.25, 0.3) is 0 Å². The summed E-state index contributed by atoms with van der Waals surface area (Å²) in [5.74, 6) is 3.31. The highest BCUT2D eigenvalue weighted by Gasteiger charge is 2.66. The molecule has 4 atom stereocenters. The van der Waals surface area contributed by atoms with E-state index < -0.39 is 0 Å². The maximum Gasteiger partial charge on any atom is 0.226 e. The topological polar surface area (TPSA) is 20.3 Å². The second-order valence-electron chi connectivity index (χ2n) is 5.63. The Kier molecular flexibility index (Phi) is 2.44. The molecule has 0 N–H and O–H groups in total. The van der Waals surface area contributed by atoms with Gasteiger partial charge in [0.2, 0.25) is 5.91 Å². The summed E-state index contributed by atoms with van der Waals surface area (Å²) < 4.78 is 0. The molecule has 2 aliphatic heterocycles. The van der Waals surface area contributed by atoms with E-state index in [9.17, 15) is 4.79 Å². The monoisotopic (exact) mass is 259 g/mol. The van der Waals surface area contributed by atoms with Gasteiger partial charge in [0.05, 0.1) is 0 Å². The minimum absolute atomic E-state index is 0.381. The first-order valence-electron chi connectivity index (χ1n) is 6.84. The van der Waals surface area contributed by atoms with Crippen molar-refractivity contribution in [2.24, 2.45) is 17.8 Å². The Morgan fingerprint density at radius 1 is 1.28 bits per heavy atom. The summed E-state index contributed by atoms with van der Waals surface area (Å²) in [5.41, 5.74) is 0. The highest BCUT2D eigenvalue weighted by atomic mass is 32.2. The van der Waals surface area contributed by atoms with Gasteiger partial charge in [-0.3, -0.25) is 4.79 Å². The summed E-state index contributed by atoms with van der Waals surface area (Å²) in [6, 6.07) is 11.1. The molecule has 4 rings (SSSR count). The molecule has 18 heavy (non-hydrogen) atoms. The molecule has 94 valence electrons. The van der Waals surface area contributed by atoms with E-state index >= 15 is 0 Å². The van der Waals surface area contributed by atoms with Crippen LogP contribution in [0.1, 0.15) is 12.8 Å². The third-order valence-corrected chi connectivity index (χ3v) is 5.88. The first-order chi connectivity index (χ1) is 8.86. The van der Waals surface area contributed by atoms with Crippen LogP contribution in [0, 0.1) is 17.8 Å². The number of nitrogens with zero attached hydrogens (tertiary/aromatic N) is 1. The van der Waals surface area contributed by atoms with Crippen molar-refractivity contribution in [2.45, 2.75) is 23.8 Å². The van der Waals surface area contributed by atoms with Gasteiger partial charge in [-0.2, -0.15) is 0 Å². The quantitative estimate of drug-likeness (QED) is 0.778. The zero-order chi connectivity index (χ0) is 12.1. The number of fused-ring (bicyclic) bond motifs is 3. The third kappa shape index (κ3) is 1.53. The van der Waals surface area contributed by atoms with Crippen molar-refractivity contribution in [1.82, 2.24) is 4.90 Å². The van der Waals surface area contributed by atoms with E-state index in [2.05, 4.69) is 35.2 Å². The number of hydrogen-bond acceptors (Lipinski definition) is 2. The van der Waals surface area contributed by atoms with Crippen molar-refractivity contribution >= 4 is 17.7 Å². The lowest BCUT2D eigenvalue weighted by Crippen LogP contribution is -2.33. The minimum atomic E-state index is 0.381. The summed E-state index contributed by atoms with van der Waals surface area (Å²) in [4.78, 5) is 15.7. The lowest BCUT2D eigenvalue weighted by molar-refractivity contribution is -0.130. The number of benzene rings is 1. The zero-order valence-electron chi connectivity index (χ0n) is 10.3. The van der Waals surface area contributed by atoms with E-state index in [1.807, 2.05) is 11.8 Å². The molecule has 3 aliphatic rings. The number of rotatable bonds is 3. The Hall–Kier alpha value is -0.960. The van der Waals surface area contributed by atoms with Gasteiger partial charge in [-0.25, -0.2) is 0 Å². The maximum atomic E-state index is 12.2. The van der Waals surface area contributed by atoms with Gasteiger partial charge in [-0.1, -0.05) is 18.2 Å². The fraction of sp³-hybridized carbons (Fsp3) is 0.533.